The Morgan fingerprint density at radius 3 is 2.52 bits per heavy atom. The van der Waals surface area contributed by atoms with Crippen molar-refractivity contribution in [3.05, 3.63) is 58.0 Å². The average molecular weight is 432 g/mol. The van der Waals surface area contributed by atoms with Gasteiger partial charge < -0.3 is 9.47 Å². The summed E-state index contributed by atoms with van der Waals surface area (Å²) in [6.45, 7) is 4.89. The molecule has 2 aromatic rings. The van der Waals surface area contributed by atoms with E-state index in [4.69, 9.17) is 0 Å². The van der Waals surface area contributed by atoms with Crippen LogP contribution in [-0.4, -0.2) is 53.6 Å². The van der Waals surface area contributed by atoms with E-state index in [1.807, 2.05) is 10.6 Å². The van der Waals surface area contributed by atoms with Crippen LogP contribution in [0, 0.1) is 5.92 Å². The molecule has 0 saturated carbocycles. The largest absolute Gasteiger partial charge is 0.416 e. The summed E-state index contributed by atoms with van der Waals surface area (Å²) >= 11 is 0. The number of hydrogen-bond acceptors (Lipinski definition) is 3. The Labute approximate surface area is 180 Å². The molecule has 0 N–H and O–H groups in total. The molecule has 0 radical (unpaired) electrons. The normalized spacial score (nSPS) is 25.4. The van der Waals surface area contributed by atoms with E-state index in [1.54, 1.807) is 12.1 Å². The van der Waals surface area contributed by atoms with Crippen LogP contribution in [0.5, 0.6) is 0 Å². The molecular formula is C24H28F3N3O. The number of piperidine rings is 2. The van der Waals surface area contributed by atoms with Crippen molar-refractivity contribution in [1.29, 1.82) is 0 Å². The number of halogens is 3. The van der Waals surface area contributed by atoms with Crippen LogP contribution in [0.25, 0.3) is 11.1 Å². The molecule has 1 aromatic heterocycles. The Balaban J connectivity index is 1.43. The third-order valence-electron chi connectivity index (χ3n) is 7.34. The lowest BCUT2D eigenvalue weighted by Gasteiger charge is -2.47. The Morgan fingerprint density at radius 1 is 1.00 bits per heavy atom. The number of likely N-dealkylation sites (tertiary alicyclic amines) is 2. The lowest BCUT2D eigenvalue weighted by molar-refractivity contribution is -0.137. The highest BCUT2D eigenvalue weighted by atomic mass is 19.4. The molecule has 2 fully saturated rings. The monoisotopic (exact) mass is 431 g/mol. The maximum Gasteiger partial charge on any atom is 0.416 e. The Kier molecular flexibility index (Phi) is 5.21. The predicted octanol–water partition coefficient (Wildman–Crippen LogP) is 4.05. The van der Waals surface area contributed by atoms with Gasteiger partial charge in [0.15, 0.2) is 0 Å². The summed E-state index contributed by atoms with van der Waals surface area (Å²) in [6.07, 6.45) is -0.950. The minimum Gasteiger partial charge on any atom is -0.311 e. The van der Waals surface area contributed by atoms with E-state index >= 15 is 0 Å². The second-order valence-corrected chi connectivity index (χ2v) is 9.45. The van der Waals surface area contributed by atoms with E-state index in [9.17, 15) is 18.0 Å². The number of hydrogen-bond donors (Lipinski definition) is 0. The SMILES string of the molecule is CN1CCC(N2C[C@@H]3C[C@H](C2)c2ccc(-c4cccc(C(F)(F)F)c4)c(=O)n2C3)CC1. The first-order valence-electron chi connectivity index (χ1n) is 11.1. The first-order valence-corrected chi connectivity index (χ1v) is 11.1. The number of benzene rings is 1. The molecule has 4 nitrogen and oxygen atoms in total. The molecule has 3 aliphatic heterocycles. The number of pyridine rings is 1. The second-order valence-electron chi connectivity index (χ2n) is 9.45. The molecule has 2 atom stereocenters. The zero-order valence-corrected chi connectivity index (χ0v) is 17.7. The molecular weight excluding hydrogens is 403 g/mol. The Hall–Kier alpha value is -2.12. The fraction of sp³-hybridized carbons (Fsp3) is 0.542. The van der Waals surface area contributed by atoms with E-state index in [1.165, 1.54) is 18.9 Å². The van der Waals surface area contributed by atoms with Gasteiger partial charge >= 0.3 is 6.18 Å². The van der Waals surface area contributed by atoms with Crippen LogP contribution in [-0.2, 0) is 12.7 Å². The summed E-state index contributed by atoms with van der Waals surface area (Å²) in [5.41, 5.74) is 0.826. The maximum absolute atomic E-state index is 13.3. The van der Waals surface area contributed by atoms with Crippen molar-refractivity contribution < 1.29 is 13.2 Å². The van der Waals surface area contributed by atoms with Crippen LogP contribution in [0.4, 0.5) is 13.2 Å². The first kappa shape index (κ1) is 20.8. The van der Waals surface area contributed by atoms with Gasteiger partial charge in [0, 0.05) is 42.9 Å². The quantitative estimate of drug-likeness (QED) is 0.718. The van der Waals surface area contributed by atoms with Crippen molar-refractivity contribution in [1.82, 2.24) is 14.4 Å². The number of fused-ring (bicyclic) bond motifs is 4. The van der Waals surface area contributed by atoms with E-state index in [2.05, 4.69) is 16.8 Å². The van der Waals surface area contributed by atoms with Crippen LogP contribution in [0.15, 0.2) is 41.2 Å². The standard InChI is InChI=1S/C24H28F3N3O/c1-28-9-7-20(8-10-28)29-13-16-11-18(15-29)22-6-5-21(23(31)30(22)14-16)17-3-2-4-19(12-17)24(25,26)27/h2-6,12,16,18,20H,7-11,13-15H2,1H3/t16-,18+/m0/s1. The lowest BCUT2D eigenvalue weighted by Crippen LogP contribution is -2.53. The first-order chi connectivity index (χ1) is 14.8. The highest BCUT2D eigenvalue weighted by molar-refractivity contribution is 5.63. The Morgan fingerprint density at radius 2 is 1.77 bits per heavy atom. The molecule has 0 unspecified atom stereocenters. The van der Waals surface area contributed by atoms with Crippen LogP contribution in [0.2, 0.25) is 0 Å². The molecule has 31 heavy (non-hydrogen) atoms. The summed E-state index contributed by atoms with van der Waals surface area (Å²) in [5.74, 6) is 0.732. The zero-order chi connectivity index (χ0) is 21.8. The maximum atomic E-state index is 13.3. The van der Waals surface area contributed by atoms with Crippen molar-refractivity contribution in [3.63, 3.8) is 0 Å². The molecule has 0 aliphatic carbocycles. The summed E-state index contributed by atoms with van der Waals surface area (Å²) in [4.78, 5) is 18.3. The van der Waals surface area contributed by atoms with Gasteiger partial charge in [0.05, 0.1) is 5.56 Å². The summed E-state index contributed by atoms with van der Waals surface area (Å²) in [7, 11) is 2.17. The van der Waals surface area contributed by atoms with Gasteiger partial charge in [-0.25, -0.2) is 0 Å². The Bertz CT molecular complexity index is 1020. The molecule has 2 bridgehead atoms. The number of alkyl halides is 3. The smallest absolute Gasteiger partial charge is 0.311 e. The third-order valence-corrected chi connectivity index (χ3v) is 7.34. The van der Waals surface area contributed by atoms with Crippen molar-refractivity contribution in [3.8, 4) is 11.1 Å². The highest BCUT2D eigenvalue weighted by Crippen LogP contribution is 2.38. The molecule has 4 heterocycles. The van der Waals surface area contributed by atoms with E-state index in [0.717, 1.165) is 50.4 Å². The average Bonchev–Trinajstić information content (AvgIpc) is 2.74. The molecule has 0 amide bonds. The highest BCUT2D eigenvalue weighted by Gasteiger charge is 2.38. The molecule has 1 aromatic carbocycles. The molecule has 166 valence electrons. The van der Waals surface area contributed by atoms with Gasteiger partial charge in [-0.05, 0) is 75.1 Å². The fourth-order valence-corrected chi connectivity index (χ4v) is 5.72. The van der Waals surface area contributed by atoms with E-state index in [0.29, 0.717) is 35.5 Å². The van der Waals surface area contributed by atoms with Crippen LogP contribution >= 0.6 is 0 Å². The molecule has 2 saturated heterocycles. The molecule has 5 rings (SSSR count). The summed E-state index contributed by atoms with van der Waals surface area (Å²) in [6, 6.07) is 9.38. The number of nitrogens with zero attached hydrogens (tertiary/aromatic N) is 3. The van der Waals surface area contributed by atoms with Crippen molar-refractivity contribution >= 4 is 0 Å². The van der Waals surface area contributed by atoms with Gasteiger partial charge in [-0.3, -0.25) is 9.69 Å². The zero-order valence-electron chi connectivity index (χ0n) is 17.7. The van der Waals surface area contributed by atoms with Crippen LogP contribution < -0.4 is 5.56 Å². The van der Waals surface area contributed by atoms with Gasteiger partial charge in [0.25, 0.3) is 5.56 Å². The topological polar surface area (TPSA) is 28.5 Å². The van der Waals surface area contributed by atoms with Gasteiger partial charge in [0.1, 0.15) is 0 Å². The van der Waals surface area contributed by atoms with E-state index in [-0.39, 0.29) is 5.56 Å². The van der Waals surface area contributed by atoms with Gasteiger partial charge in [0.2, 0.25) is 0 Å². The number of rotatable bonds is 2. The second kappa shape index (κ2) is 7.78. The minimum absolute atomic E-state index is 0.167. The third kappa shape index (κ3) is 3.94. The van der Waals surface area contributed by atoms with Crippen LogP contribution in [0.1, 0.15) is 36.4 Å². The minimum atomic E-state index is -4.42. The van der Waals surface area contributed by atoms with Crippen molar-refractivity contribution in [2.75, 3.05) is 33.2 Å². The lowest BCUT2D eigenvalue weighted by atomic mass is 9.81. The summed E-state index contributed by atoms with van der Waals surface area (Å²) in [5, 5.41) is 0. The predicted molar refractivity (Wildman–Crippen MR) is 114 cm³/mol. The van der Waals surface area contributed by atoms with Crippen LogP contribution in [0.3, 0.4) is 0 Å². The number of aromatic nitrogens is 1. The molecule has 3 aliphatic rings. The van der Waals surface area contributed by atoms with Gasteiger partial charge in [-0.2, -0.15) is 13.2 Å². The molecule has 0 spiro atoms. The van der Waals surface area contributed by atoms with Gasteiger partial charge in [-0.1, -0.05) is 12.1 Å². The van der Waals surface area contributed by atoms with Gasteiger partial charge in [-0.15, -0.1) is 0 Å². The molecule has 7 heteroatoms. The fourth-order valence-electron chi connectivity index (χ4n) is 5.72. The summed E-state index contributed by atoms with van der Waals surface area (Å²) < 4.78 is 41.2. The van der Waals surface area contributed by atoms with Crippen molar-refractivity contribution in [2.24, 2.45) is 5.92 Å². The van der Waals surface area contributed by atoms with Crippen molar-refractivity contribution in [2.45, 2.75) is 43.9 Å². The van der Waals surface area contributed by atoms with E-state index < -0.39 is 11.7 Å².